The molecule has 13 atom stereocenters. The van der Waals surface area contributed by atoms with Crippen LogP contribution in [0.1, 0.15) is 290 Å². The molecule has 0 spiro atoms. The number of Topliss-reactive ketones (excluding diaryl/α,β-unsaturated/α-hetero) is 2. The number of amides is 3. The van der Waals surface area contributed by atoms with Gasteiger partial charge in [-0.15, -0.1) is 12.4 Å². The number of carbonyl (C=O) groups is 6. The molecule has 8 aliphatic rings. The largest absolute Gasteiger partial charge is 0.444 e. The Kier molecular flexibility index (Phi) is 29.5. The maximum atomic E-state index is 13.7. The quantitative estimate of drug-likeness (QED) is 0.0881. The molecule has 1 N–H and O–H groups in total. The Hall–Kier alpha value is -3.53. The summed E-state index contributed by atoms with van der Waals surface area (Å²) in [5.41, 5.74) is -1.03. The van der Waals surface area contributed by atoms with Crippen LogP contribution in [-0.4, -0.2) is 109 Å². The van der Waals surface area contributed by atoms with Gasteiger partial charge in [0.2, 0.25) is 0 Å². The fourth-order valence-corrected chi connectivity index (χ4v) is 19.5. The van der Waals surface area contributed by atoms with Crippen molar-refractivity contribution < 1.29 is 48.1 Å². The van der Waals surface area contributed by atoms with Crippen molar-refractivity contribution in [1.82, 2.24) is 14.7 Å². The molecule has 554 valence electrons. The molecule has 3 aromatic rings. The number of halogens is 7. The summed E-state index contributed by atoms with van der Waals surface area (Å²) < 4.78 is 16.9. The predicted molar refractivity (Wildman–Crippen MR) is 405 cm³/mol. The molecule has 6 heterocycles. The van der Waals surface area contributed by atoms with E-state index in [1.54, 1.807) is 42.5 Å². The number of rotatable bonds is 15. The summed E-state index contributed by atoms with van der Waals surface area (Å²) in [7, 11) is 0. The third kappa shape index (κ3) is 18.8. The zero-order valence-electron chi connectivity index (χ0n) is 60.3. The number of aldehydes is 1. The Labute approximate surface area is 628 Å². The van der Waals surface area contributed by atoms with Gasteiger partial charge in [-0.2, -0.15) is 0 Å². The van der Waals surface area contributed by atoms with Gasteiger partial charge in [0.25, 0.3) is 0 Å². The van der Waals surface area contributed by atoms with Crippen LogP contribution in [0, 0.1) is 33.5 Å². The summed E-state index contributed by atoms with van der Waals surface area (Å²) in [5.74, 6) is 1.79. The standard InChI is InChI=1S/C22H31Cl2NO3.C22H29Cl2NO3.C18H22Cl2O.C16H27NO3.CH4.ClH/c2*1-5-11-22(19(26)14-6-8-16(23)17(24)13-14)12-10-15-7-9-18(22)25(15)20(27)28-21(2,3)4;1-2-8-18(9-7-12-3-5-14(18)10-12)17(21)13-4-6-15(19)16(20)11-13;1-5-9-16(11-18)10-8-12-6-7-13(16)17(12)14(19)20-15(2,3)4;;/h6,8,13,15,18-19,26H,5,7,9-12H2,1-4H3;6,8,13,15,18H,5,7,9-12H2,1-4H3;4,6,11-12,14H,2-3,5,7-10H2,1H3;11-13H,5-10H2,1-4H3;1H4;1H. The number of piperidine rings is 3. The summed E-state index contributed by atoms with van der Waals surface area (Å²) in [5, 5.41) is 14.2. The molecule has 99 heavy (non-hydrogen) atoms. The maximum absolute atomic E-state index is 13.7. The molecular weight excluding hydrogens is 1400 g/mol. The van der Waals surface area contributed by atoms with Crippen LogP contribution >= 0.6 is 82.0 Å². The molecule has 6 aliphatic heterocycles. The lowest BCUT2D eigenvalue weighted by Gasteiger charge is -2.51. The van der Waals surface area contributed by atoms with Crippen molar-refractivity contribution in [3.63, 3.8) is 0 Å². The average molecular weight is 1510 g/mol. The van der Waals surface area contributed by atoms with Crippen LogP contribution in [0.25, 0.3) is 0 Å². The first-order chi connectivity index (χ1) is 45.6. The van der Waals surface area contributed by atoms with Gasteiger partial charge in [-0.25, -0.2) is 14.4 Å². The minimum Gasteiger partial charge on any atom is -0.444 e. The topological polar surface area (TPSA) is 160 Å². The molecule has 2 saturated carbocycles. The van der Waals surface area contributed by atoms with E-state index in [1.807, 2.05) is 89.1 Å². The van der Waals surface area contributed by atoms with Crippen molar-refractivity contribution in [3.05, 3.63) is 101 Å². The first kappa shape index (κ1) is 84.4. The summed E-state index contributed by atoms with van der Waals surface area (Å²) in [6.07, 6.45) is 23.7. The fraction of sp³-hybridized carbons (Fsp3) is 0.696. The number of hydrogen-bond acceptors (Lipinski definition) is 10. The first-order valence-corrected chi connectivity index (χ1v) is 38.5. The number of fused-ring (bicyclic) bond motifs is 8. The monoisotopic (exact) mass is 1510 g/mol. The number of ketones is 2. The highest BCUT2D eigenvalue weighted by Gasteiger charge is 2.60. The minimum atomic E-state index is -0.712. The Morgan fingerprint density at radius 1 is 0.485 bits per heavy atom. The molecule has 8 fully saturated rings. The number of aliphatic hydroxyl groups is 1. The van der Waals surface area contributed by atoms with Gasteiger partial charge in [-0.3, -0.25) is 9.59 Å². The van der Waals surface area contributed by atoms with Gasteiger partial charge < -0.3 is 38.8 Å². The van der Waals surface area contributed by atoms with Crippen LogP contribution in [-0.2, 0) is 19.0 Å². The highest BCUT2D eigenvalue weighted by atomic mass is 35.5. The Balaban J connectivity index is 0.000000209. The van der Waals surface area contributed by atoms with Gasteiger partial charge in [-0.1, -0.05) is 143 Å². The first-order valence-electron chi connectivity index (χ1n) is 36.2. The van der Waals surface area contributed by atoms with Gasteiger partial charge in [0.1, 0.15) is 23.1 Å². The molecule has 8 bridgehead atoms. The lowest BCUT2D eigenvalue weighted by Crippen LogP contribution is -2.57. The van der Waals surface area contributed by atoms with Crippen molar-refractivity contribution in [1.29, 1.82) is 0 Å². The molecular formula is C79H114Cl7N3O10. The smallest absolute Gasteiger partial charge is 0.410 e. The van der Waals surface area contributed by atoms with E-state index in [0.29, 0.717) is 47.4 Å². The van der Waals surface area contributed by atoms with Crippen molar-refractivity contribution in [2.45, 2.75) is 317 Å². The highest BCUT2D eigenvalue weighted by Crippen LogP contribution is 2.59. The van der Waals surface area contributed by atoms with E-state index in [4.69, 9.17) is 83.8 Å². The van der Waals surface area contributed by atoms with Crippen LogP contribution in [0.15, 0.2) is 54.6 Å². The molecule has 3 aromatic carbocycles. The third-order valence-electron chi connectivity index (χ3n) is 22.5. The van der Waals surface area contributed by atoms with Gasteiger partial charge in [0.05, 0.1) is 41.7 Å². The van der Waals surface area contributed by atoms with Crippen LogP contribution in [0.4, 0.5) is 14.4 Å². The molecule has 0 radical (unpaired) electrons. The lowest BCUT2D eigenvalue weighted by molar-refractivity contribution is -0.123. The van der Waals surface area contributed by atoms with Crippen LogP contribution < -0.4 is 0 Å². The molecule has 6 saturated heterocycles. The Bertz CT molecular complexity index is 3300. The Morgan fingerprint density at radius 2 is 0.889 bits per heavy atom. The zero-order valence-corrected chi connectivity index (χ0v) is 65.6. The molecule has 0 aromatic heterocycles. The van der Waals surface area contributed by atoms with Gasteiger partial charge in [-0.05, 0) is 257 Å². The average Bonchev–Trinajstić information content (AvgIpc) is 1.69. The second-order valence-electron chi connectivity index (χ2n) is 32.3. The Morgan fingerprint density at radius 3 is 1.35 bits per heavy atom. The number of carbonyl (C=O) groups excluding carboxylic acids is 6. The van der Waals surface area contributed by atoms with Crippen molar-refractivity contribution in [3.8, 4) is 0 Å². The summed E-state index contributed by atoms with van der Waals surface area (Å²) in [4.78, 5) is 82.8. The number of hydrogen-bond donors (Lipinski definition) is 1. The van der Waals surface area contributed by atoms with E-state index < -0.39 is 33.7 Å². The van der Waals surface area contributed by atoms with E-state index in [9.17, 15) is 33.9 Å². The van der Waals surface area contributed by atoms with E-state index >= 15 is 0 Å². The van der Waals surface area contributed by atoms with Crippen molar-refractivity contribution in [2.24, 2.45) is 33.5 Å². The summed E-state index contributed by atoms with van der Waals surface area (Å²) in [6.45, 7) is 25.4. The summed E-state index contributed by atoms with van der Waals surface area (Å²) in [6, 6.07) is 16.2. The van der Waals surface area contributed by atoms with Gasteiger partial charge in [0.15, 0.2) is 11.6 Å². The third-order valence-corrected chi connectivity index (χ3v) is 24.8. The van der Waals surface area contributed by atoms with Crippen molar-refractivity contribution in [2.75, 3.05) is 0 Å². The number of benzene rings is 3. The molecule has 2 aliphatic carbocycles. The normalized spacial score (nSPS) is 29.0. The van der Waals surface area contributed by atoms with Crippen LogP contribution in [0.5, 0.6) is 0 Å². The maximum Gasteiger partial charge on any atom is 0.410 e. The van der Waals surface area contributed by atoms with E-state index in [1.165, 1.54) is 25.7 Å². The van der Waals surface area contributed by atoms with E-state index in [0.717, 1.165) is 158 Å². The number of nitrogens with zero attached hydrogens (tertiary/aromatic N) is 3. The van der Waals surface area contributed by atoms with Gasteiger partial charge in [0, 0.05) is 63.6 Å². The zero-order chi connectivity index (χ0) is 71.4. The molecule has 13 unspecified atom stereocenters. The van der Waals surface area contributed by atoms with Crippen LogP contribution in [0.2, 0.25) is 30.1 Å². The van der Waals surface area contributed by atoms with Crippen LogP contribution in [0.3, 0.4) is 0 Å². The molecule has 11 rings (SSSR count). The molecule has 13 nitrogen and oxygen atoms in total. The second kappa shape index (κ2) is 34.6. The second-order valence-corrected chi connectivity index (χ2v) is 34.8. The fourth-order valence-electron chi connectivity index (χ4n) is 18.6. The van der Waals surface area contributed by atoms with E-state index in [-0.39, 0.29) is 91.0 Å². The lowest BCUT2D eigenvalue weighted by atomic mass is 9.61. The molecule has 3 amide bonds. The SMILES string of the molecule is C.CCCC1(C(=O)c2ccc(Cl)c(Cl)c2)CCC2CCC1C2.CCCC1(C(=O)c2ccc(Cl)c(Cl)c2)CCC2CCC1N2C(=O)OC(C)(C)C.CCCC1(C(O)c2ccc(Cl)c(Cl)c2)CCC2CCC1N2C(=O)OC(C)(C)C.CCCC1(C=O)CCC2CCC1N2C(=O)OC(C)(C)C.Cl. The number of ether oxygens (including phenoxy) is 3. The molecule has 20 heteroatoms. The van der Waals surface area contributed by atoms with E-state index in [2.05, 4.69) is 27.7 Å². The van der Waals surface area contributed by atoms with Gasteiger partial charge >= 0.3 is 18.3 Å². The number of aliphatic hydroxyl groups excluding tert-OH is 1. The minimum absolute atomic E-state index is 0. The van der Waals surface area contributed by atoms with Crippen molar-refractivity contribution >= 4 is 118 Å². The summed E-state index contributed by atoms with van der Waals surface area (Å²) >= 11 is 36.6. The predicted octanol–water partition coefficient (Wildman–Crippen LogP) is 23.7. The highest BCUT2D eigenvalue weighted by molar-refractivity contribution is 6.43.